The molecule has 0 amide bonds. The number of hydrogen-bond donors (Lipinski definition) is 1. The van der Waals surface area contributed by atoms with Gasteiger partial charge < -0.3 is 5.11 Å². The van der Waals surface area contributed by atoms with E-state index in [0.717, 1.165) is 6.07 Å². The summed E-state index contributed by atoms with van der Waals surface area (Å²) in [7, 11) is 0. The molecule has 0 saturated carbocycles. The third-order valence-corrected chi connectivity index (χ3v) is 3.24. The summed E-state index contributed by atoms with van der Waals surface area (Å²) in [4.78, 5) is 0. The van der Waals surface area contributed by atoms with Crippen LogP contribution in [0.4, 0.5) is 13.2 Å². The first kappa shape index (κ1) is 14.0. The van der Waals surface area contributed by atoms with E-state index >= 15 is 0 Å². The van der Waals surface area contributed by atoms with E-state index < -0.39 is 17.5 Å². The van der Waals surface area contributed by atoms with E-state index in [-0.39, 0.29) is 10.6 Å². The van der Waals surface area contributed by atoms with Gasteiger partial charge in [0.25, 0.3) is 0 Å². The molecule has 0 aliphatic carbocycles. The first-order chi connectivity index (χ1) is 8.77. The fourth-order valence-electron chi connectivity index (χ4n) is 1.62. The third-order valence-electron chi connectivity index (χ3n) is 2.50. The van der Waals surface area contributed by atoms with Crippen LogP contribution in [0.15, 0.2) is 36.4 Å². The molecule has 0 atom stereocenters. The lowest BCUT2D eigenvalue weighted by atomic mass is 10.0. The van der Waals surface area contributed by atoms with Crippen LogP contribution in [0.5, 0.6) is 5.75 Å². The highest BCUT2D eigenvalue weighted by molar-refractivity contribution is 6.42. The van der Waals surface area contributed by atoms with Crippen molar-refractivity contribution in [1.29, 1.82) is 0 Å². The Bertz CT molecular complexity index is 624. The smallest absolute Gasteiger partial charge is 0.416 e. The second-order valence-electron chi connectivity index (χ2n) is 3.90. The van der Waals surface area contributed by atoms with Crippen molar-refractivity contribution in [2.45, 2.75) is 6.18 Å². The lowest BCUT2D eigenvalue weighted by Gasteiger charge is -2.10. The van der Waals surface area contributed by atoms with Crippen molar-refractivity contribution in [3.8, 4) is 16.9 Å². The van der Waals surface area contributed by atoms with Crippen molar-refractivity contribution in [1.82, 2.24) is 0 Å². The first-order valence-electron chi connectivity index (χ1n) is 5.14. The highest BCUT2D eigenvalue weighted by Gasteiger charge is 2.31. The summed E-state index contributed by atoms with van der Waals surface area (Å²) in [6.45, 7) is 0. The fourth-order valence-corrected chi connectivity index (χ4v) is 1.92. The zero-order chi connectivity index (χ0) is 14.2. The molecule has 1 nitrogen and oxygen atoms in total. The van der Waals surface area contributed by atoms with Gasteiger partial charge in [-0.3, -0.25) is 0 Å². The van der Waals surface area contributed by atoms with Gasteiger partial charge in [-0.15, -0.1) is 0 Å². The summed E-state index contributed by atoms with van der Waals surface area (Å²) in [6.07, 6.45) is -4.52. The van der Waals surface area contributed by atoms with Gasteiger partial charge in [0, 0.05) is 0 Å². The number of phenolic OH excluding ortho intramolecular Hbond substituents is 1. The largest absolute Gasteiger partial charge is 0.508 e. The monoisotopic (exact) mass is 306 g/mol. The standard InChI is InChI=1S/C13H7Cl2F3O/c14-11-2-1-7(5-12(11)15)8-3-9(13(16,17)18)6-10(19)4-8/h1-6,19H. The molecule has 100 valence electrons. The van der Waals surface area contributed by atoms with Crippen LogP contribution in [-0.4, -0.2) is 5.11 Å². The Labute approximate surface area is 117 Å². The topological polar surface area (TPSA) is 20.2 Å². The molecule has 0 heterocycles. The molecule has 0 aromatic heterocycles. The molecule has 2 aromatic carbocycles. The average molecular weight is 307 g/mol. The molecule has 0 aliphatic heterocycles. The Hall–Kier alpha value is -1.39. The quantitative estimate of drug-likeness (QED) is 0.749. The molecule has 0 fully saturated rings. The van der Waals surface area contributed by atoms with Gasteiger partial charge >= 0.3 is 6.18 Å². The van der Waals surface area contributed by atoms with E-state index in [0.29, 0.717) is 16.7 Å². The SMILES string of the molecule is Oc1cc(-c2ccc(Cl)c(Cl)c2)cc(C(F)(F)F)c1. The number of halogens is 5. The van der Waals surface area contributed by atoms with Crippen LogP contribution < -0.4 is 0 Å². The molecule has 0 radical (unpaired) electrons. The molecule has 0 saturated heterocycles. The second-order valence-corrected chi connectivity index (χ2v) is 4.71. The molecule has 1 N–H and O–H groups in total. The molecule has 0 aliphatic rings. The highest BCUT2D eigenvalue weighted by atomic mass is 35.5. The first-order valence-corrected chi connectivity index (χ1v) is 5.89. The Balaban J connectivity index is 2.56. The molecular weight excluding hydrogens is 300 g/mol. The van der Waals surface area contributed by atoms with Gasteiger partial charge in [0.15, 0.2) is 0 Å². The molecule has 19 heavy (non-hydrogen) atoms. The van der Waals surface area contributed by atoms with Gasteiger partial charge in [0.2, 0.25) is 0 Å². The van der Waals surface area contributed by atoms with Gasteiger partial charge in [-0.05, 0) is 41.5 Å². The molecule has 6 heteroatoms. The lowest BCUT2D eigenvalue weighted by molar-refractivity contribution is -0.137. The Kier molecular flexibility index (Phi) is 3.65. The number of alkyl halides is 3. The lowest BCUT2D eigenvalue weighted by Crippen LogP contribution is -2.04. The van der Waals surface area contributed by atoms with Crippen LogP contribution in [-0.2, 0) is 6.18 Å². The number of aromatic hydroxyl groups is 1. The number of phenols is 1. The maximum Gasteiger partial charge on any atom is 0.416 e. The number of benzene rings is 2. The van der Waals surface area contributed by atoms with E-state index in [4.69, 9.17) is 23.2 Å². The zero-order valence-corrected chi connectivity index (χ0v) is 10.8. The minimum atomic E-state index is -4.52. The van der Waals surface area contributed by atoms with E-state index in [1.807, 2.05) is 0 Å². The predicted octanol–water partition coefficient (Wildman–Crippen LogP) is 5.38. The molecule has 0 bridgehead atoms. The number of rotatable bonds is 1. The second kappa shape index (κ2) is 4.94. The maximum atomic E-state index is 12.6. The Morgan fingerprint density at radius 1 is 0.842 bits per heavy atom. The summed E-state index contributed by atoms with van der Waals surface area (Å²) in [5, 5.41) is 9.92. The van der Waals surface area contributed by atoms with Crippen molar-refractivity contribution < 1.29 is 18.3 Å². The minimum Gasteiger partial charge on any atom is -0.508 e. The maximum absolute atomic E-state index is 12.6. The van der Waals surface area contributed by atoms with E-state index in [1.165, 1.54) is 24.3 Å². The zero-order valence-electron chi connectivity index (χ0n) is 9.30. The van der Waals surface area contributed by atoms with E-state index in [2.05, 4.69) is 0 Å². The van der Waals surface area contributed by atoms with Crippen molar-refractivity contribution in [2.75, 3.05) is 0 Å². The van der Waals surface area contributed by atoms with E-state index in [1.54, 1.807) is 0 Å². The van der Waals surface area contributed by atoms with E-state index in [9.17, 15) is 18.3 Å². The van der Waals surface area contributed by atoms with Crippen LogP contribution in [0.25, 0.3) is 11.1 Å². The van der Waals surface area contributed by atoms with Gasteiger partial charge in [-0.25, -0.2) is 0 Å². The molecule has 0 spiro atoms. The van der Waals surface area contributed by atoms with Crippen LogP contribution in [0, 0.1) is 0 Å². The van der Waals surface area contributed by atoms with Crippen molar-refractivity contribution in [2.24, 2.45) is 0 Å². The molecule has 2 aromatic rings. The summed E-state index contributed by atoms with van der Waals surface area (Å²) in [6, 6.07) is 7.30. The third kappa shape index (κ3) is 3.14. The normalized spacial score (nSPS) is 11.6. The summed E-state index contributed by atoms with van der Waals surface area (Å²) in [5.74, 6) is -0.462. The highest BCUT2D eigenvalue weighted by Crippen LogP contribution is 2.36. The Morgan fingerprint density at radius 2 is 1.53 bits per heavy atom. The minimum absolute atomic E-state index is 0.214. The fraction of sp³-hybridized carbons (Fsp3) is 0.0769. The van der Waals surface area contributed by atoms with Gasteiger partial charge in [-0.2, -0.15) is 13.2 Å². The summed E-state index contributed by atoms with van der Waals surface area (Å²) < 4.78 is 37.9. The van der Waals surface area contributed by atoms with Gasteiger partial charge in [0.05, 0.1) is 15.6 Å². The average Bonchev–Trinajstić information content (AvgIpc) is 2.31. The van der Waals surface area contributed by atoms with Crippen LogP contribution in [0.1, 0.15) is 5.56 Å². The van der Waals surface area contributed by atoms with Crippen molar-refractivity contribution in [3.63, 3.8) is 0 Å². The van der Waals surface area contributed by atoms with Gasteiger partial charge in [-0.1, -0.05) is 29.3 Å². The summed E-state index contributed by atoms with van der Waals surface area (Å²) in [5.41, 5.74) is -0.268. The predicted molar refractivity (Wildman–Crippen MR) is 68.6 cm³/mol. The van der Waals surface area contributed by atoms with Crippen LogP contribution >= 0.6 is 23.2 Å². The summed E-state index contributed by atoms with van der Waals surface area (Å²) >= 11 is 11.6. The van der Waals surface area contributed by atoms with Crippen LogP contribution in [0.2, 0.25) is 10.0 Å². The molecule has 0 unspecified atom stereocenters. The van der Waals surface area contributed by atoms with Gasteiger partial charge in [0.1, 0.15) is 5.75 Å². The number of hydrogen-bond acceptors (Lipinski definition) is 1. The molecule has 2 rings (SSSR count). The van der Waals surface area contributed by atoms with Crippen molar-refractivity contribution >= 4 is 23.2 Å². The van der Waals surface area contributed by atoms with Crippen LogP contribution in [0.3, 0.4) is 0 Å². The van der Waals surface area contributed by atoms with Crippen molar-refractivity contribution in [3.05, 3.63) is 52.0 Å². The Morgan fingerprint density at radius 3 is 2.11 bits per heavy atom. The molecular formula is C13H7Cl2F3O.